The number of carbonyl (C=O) groups excluding carboxylic acids is 1. The van der Waals surface area contributed by atoms with E-state index in [9.17, 15) is 25.2 Å². The predicted octanol–water partition coefficient (Wildman–Crippen LogP) is 2.22. The molecule has 2 aliphatic rings. The van der Waals surface area contributed by atoms with E-state index >= 15 is 0 Å². The highest BCUT2D eigenvalue weighted by molar-refractivity contribution is 14.1. The maximum absolute atomic E-state index is 13.3. The monoisotopic (exact) mass is 659 g/mol. The minimum Gasteiger partial charge on any atom is -0.448 e. The molecule has 11 heteroatoms. The van der Waals surface area contributed by atoms with Crippen molar-refractivity contribution >= 4 is 28.6 Å². The Hall–Kier alpha value is -0.120. The Kier molecular flexibility index (Phi) is 11.9. The molecule has 0 aromatic carbocycles. The molecule has 0 aliphatic carbocycles. The Morgan fingerprint density at radius 3 is 2.24 bits per heavy atom. The van der Waals surface area contributed by atoms with Crippen LogP contribution in [-0.2, 0) is 23.7 Å². The van der Waals surface area contributed by atoms with Crippen molar-refractivity contribution < 1.29 is 44.2 Å². The topological polar surface area (TPSA) is 138 Å². The molecule has 0 unspecified atom stereocenters. The number of cyclic esters (lactones) is 1. The summed E-state index contributed by atoms with van der Waals surface area (Å²) in [6.07, 6.45) is -2.55. The van der Waals surface area contributed by atoms with E-state index in [1.54, 1.807) is 27.7 Å². The molecule has 0 saturated carbocycles. The van der Waals surface area contributed by atoms with Crippen molar-refractivity contribution in [1.82, 2.24) is 4.90 Å². The second kappa shape index (κ2) is 13.2. The van der Waals surface area contributed by atoms with Gasteiger partial charge in [0.2, 0.25) is 0 Å². The first-order valence-corrected chi connectivity index (χ1v) is 14.8. The maximum atomic E-state index is 13.3. The Labute approximate surface area is 241 Å². The Morgan fingerprint density at radius 1 is 1.05 bits per heavy atom. The van der Waals surface area contributed by atoms with Crippen molar-refractivity contribution in [3.05, 3.63) is 0 Å². The van der Waals surface area contributed by atoms with Crippen molar-refractivity contribution in [2.45, 2.75) is 132 Å². The van der Waals surface area contributed by atoms with Crippen LogP contribution >= 0.6 is 22.6 Å². The zero-order valence-electron chi connectivity index (χ0n) is 24.4. The lowest BCUT2D eigenvalue weighted by Crippen LogP contribution is -2.57. The lowest BCUT2D eigenvalue weighted by molar-refractivity contribution is -0.292. The Bertz CT molecular complexity index is 784. The van der Waals surface area contributed by atoms with E-state index in [4.69, 9.17) is 18.9 Å². The van der Waals surface area contributed by atoms with Crippen LogP contribution in [0.15, 0.2) is 0 Å². The second-order valence-corrected chi connectivity index (χ2v) is 13.5. The van der Waals surface area contributed by atoms with Gasteiger partial charge < -0.3 is 44.3 Å². The second-order valence-electron chi connectivity index (χ2n) is 12.3. The zero-order chi connectivity index (χ0) is 29.2. The van der Waals surface area contributed by atoms with Crippen molar-refractivity contribution in [2.75, 3.05) is 20.7 Å². The van der Waals surface area contributed by atoms with Crippen LogP contribution in [0.5, 0.6) is 0 Å². The third-order valence-corrected chi connectivity index (χ3v) is 10.0. The van der Waals surface area contributed by atoms with Crippen LogP contribution in [0.1, 0.15) is 74.1 Å². The molecule has 0 spiro atoms. The molecular formula is C27H50INO9. The van der Waals surface area contributed by atoms with Crippen molar-refractivity contribution in [3.8, 4) is 0 Å². The number of hydrogen-bond donors (Lipinski definition) is 4. The van der Waals surface area contributed by atoms with Gasteiger partial charge in [-0.3, -0.25) is 4.79 Å². The Morgan fingerprint density at radius 2 is 1.66 bits per heavy atom. The fraction of sp³-hybridized carbons (Fsp3) is 0.963. The highest BCUT2D eigenvalue weighted by Gasteiger charge is 2.48. The summed E-state index contributed by atoms with van der Waals surface area (Å²) in [5.41, 5.74) is -3.63. The van der Waals surface area contributed by atoms with Gasteiger partial charge in [-0.2, -0.15) is 0 Å². The van der Waals surface area contributed by atoms with Gasteiger partial charge in [0.15, 0.2) is 10.4 Å². The summed E-state index contributed by atoms with van der Waals surface area (Å²) in [6, 6.07) is -0.428. The molecule has 2 rings (SSSR count). The number of methoxy groups -OCH3 is 1. The van der Waals surface area contributed by atoms with Gasteiger partial charge in [-0.1, -0.05) is 6.92 Å². The fourth-order valence-corrected chi connectivity index (χ4v) is 6.22. The molecule has 0 amide bonds. The molecule has 2 fully saturated rings. The summed E-state index contributed by atoms with van der Waals surface area (Å²) in [5.74, 6) is -1.27. The van der Waals surface area contributed by atoms with Crippen LogP contribution in [0.4, 0.5) is 0 Å². The molecule has 224 valence electrons. The molecule has 0 bridgehead atoms. The summed E-state index contributed by atoms with van der Waals surface area (Å²) in [5, 5.41) is 44.0. The molecule has 2 aliphatic heterocycles. The number of aliphatic hydroxyl groups is 4. The van der Waals surface area contributed by atoms with Crippen LogP contribution in [0.3, 0.4) is 0 Å². The number of rotatable bonds is 3. The van der Waals surface area contributed by atoms with Crippen molar-refractivity contribution in [1.29, 1.82) is 0 Å². The molecular weight excluding hydrogens is 609 g/mol. The molecule has 0 aromatic heterocycles. The van der Waals surface area contributed by atoms with Gasteiger partial charge in [0.1, 0.15) is 17.8 Å². The lowest BCUT2D eigenvalue weighted by Gasteiger charge is -2.45. The van der Waals surface area contributed by atoms with E-state index in [1.807, 2.05) is 48.4 Å². The molecule has 38 heavy (non-hydrogen) atoms. The van der Waals surface area contributed by atoms with Gasteiger partial charge >= 0.3 is 5.97 Å². The molecule has 0 aromatic rings. The first-order valence-electron chi connectivity index (χ1n) is 13.6. The van der Waals surface area contributed by atoms with Crippen LogP contribution in [0.2, 0.25) is 0 Å². The van der Waals surface area contributed by atoms with Crippen molar-refractivity contribution in [2.24, 2.45) is 11.8 Å². The van der Waals surface area contributed by atoms with Gasteiger partial charge in [0.25, 0.3) is 0 Å². The van der Waals surface area contributed by atoms with Crippen LogP contribution in [0, 0.1) is 11.8 Å². The molecule has 4 N–H and O–H groups in total. The van der Waals surface area contributed by atoms with Gasteiger partial charge in [-0.15, -0.1) is 0 Å². The van der Waals surface area contributed by atoms with Gasteiger partial charge in [0, 0.05) is 26.1 Å². The minimum atomic E-state index is -1.72. The maximum Gasteiger partial charge on any atom is 0.312 e. The van der Waals surface area contributed by atoms with Crippen LogP contribution in [0.25, 0.3) is 0 Å². The summed E-state index contributed by atoms with van der Waals surface area (Å²) in [7, 11) is 3.39. The normalized spacial score (nSPS) is 49.1. The van der Waals surface area contributed by atoms with Gasteiger partial charge in [0.05, 0.1) is 29.3 Å². The highest BCUT2D eigenvalue weighted by atomic mass is 127. The van der Waals surface area contributed by atoms with Crippen molar-refractivity contribution in [3.63, 3.8) is 0 Å². The van der Waals surface area contributed by atoms with E-state index in [-0.39, 0.29) is 12.3 Å². The van der Waals surface area contributed by atoms with Gasteiger partial charge in [-0.25, -0.2) is 0 Å². The molecule has 10 nitrogen and oxygen atoms in total. The summed E-state index contributed by atoms with van der Waals surface area (Å²) < 4.78 is 22.5. The number of esters is 1. The average molecular weight is 660 g/mol. The third kappa shape index (κ3) is 8.22. The summed E-state index contributed by atoms with van der Waals surface area (Å²) >= 11 is 1.84. The number of halogens is 1. The molecule has 12 atom stereocenters. The van der Waals surface area contributed by atoms with E-state index in [0.717, 1.165) is 0 Å². The lowest BCUT2D eigenvalue weighted by atomic mass is 9.85. The summed E-state index contributed by atoms with van der Waals surface area (Å²) in [6.45, 7) is 12.9. The fourth-order valence-electron chi connectivity index (χ4n) is 5.60. The van der Waals surface area contributed by atoms with Gasteiger partial charge in [-0.05, 0) is 96.4 Å². The number of nitrogens with zero attached hydrogens (tertiary/aromatic N) is 1. The third-order valence-electron chi connectivity index (χ3n) is 8.52. The number of alkyl halides is 1. The smallest absolute Gasteiger partial charge is 0.312 e. The highest BCUT2D eigenvalue weighted by Crippen LogP contribution is 2.36. The Balaban J connectivity index is 2.36. The van der Waals surface area contributed by atoms with E-state index in [2.05, 4.69) is 0 Å². The van der Waals surface area contributed by atoms with E-state index in [0.29, 0.717) is 25.8 Å². The first-order chi connectivity index (χ1) is 17.3. The number of ether oxygens (including phenoxy) is 4. The molecule has 2 heterocycles. The standard InChI is InChI=1S/C27H50INO9/c1-15-12-25(5,33)11-10-19(37-20-13-26(6,35-9)22(31)18(4)36-20)16(2)23(32)38-24(28)27(7,34)21(30)17(3)29(8)14-15/h15-22,24,30-31,33-34H,10-14H2,1-9H3/t15-,16-,17-,18+,19+,20+,21-,22+,24+,25+,26-,27+/m1/s1. The molecule has 0 radical (unpaired) electrons. The zero-order valence-corrected chi connectivity index (χ0v) is 26.5. The van der Waals surface area contributed by atoms with Crippen LogP contribution < -0.4 is 0 Å². The SMILES string of the molecule is CO[C@]1(C)C[C@H](O[C@H]2CC[C@](C)(O)C[C@@H](C)CN(C)[C@H](C)[C@@H](O)[C@](C)(O)[C@@H](I)OC(=O)[C@@H]2C)O[C@@H](C)[C@@H]1O. The summed E-state index contributed by atoms with van der Waals surface area (Å²) in [4.78, 5) is 15.2. The van der Waals surface area contributed by atoms with Crippen LogP contribution in [-0.4, -0.2) is 110 Å². The predicted molar refractivity (Wildman–Crippen MR) is 151 cm³/mol. The number of hydrogen-bond acceptors (Lipinski definition) is 10. The number of aliphatic hydroxyl groups excluding tert-OH is 2. The quantitative estimate of drug-likeness (QED) is 0.203. The largest absolute Gasteiger partial charge is 0.448 e. The number of carbonyl (C=O) groups is 1. The number of likely N-dealkylation sites (N-methyl/N-ethyl adjacent to an activating group) is 1. The first kappa shape index (κ1) is 34.1. The minimum absolute atomic E-state index is 0.0937. The van der Waals surface area contributed by atoms with E-state index in [1.165, 1.54) is 14.0 Å². The average Bonchev–Trinajstić information content (AvgIpc) is 2.82. The molecule has 2 saturated heterocycles. The van der Waals surface area contributed by atoms with E-state index < -0.39 is 69.5 Å².